The van der Waals surface area contributed by atoms with Gasteiger partial charge in [0.05, 0.1) is 34.1 Å². The Morgan fingerprint density at radius 3 is 2.57 bits per heavy atom. The third-order valence-corrected chi connectivity index (χ3v) is 8.84. The summed E-state index contributed by atoms with van der Waals surface area (Å²) in [7, 11) is 0. The van der Waals surface area contributed by atoms with Crippen molar-refractivity contribution in [2.45, 2.75) is 90.6 Å². The number of carboxylic acids is 1. The zero-order valence-electron chi connectivity index (χ0n) is 27.5. The lowest BCUT2D eigenvalue weighted by molar-refractivity contribution is -0.160. The molecule has 0 aliphatic carbocycles. The number of piperidine rings is 1. The van der Waals surface area contributed by atoms with Crippen molar-refractivity contribution in [3.05, 3.63) is 65.6 Å². The molecule has 4 aromatic rings. The second-order valence-electron chi connectivity index (χ2n) is 13.7. The van der Waals surface area contributed by atoms with Crippen LogP contribution in [-0.2, 0) is 14.3 Å². The number of aromatic nitrogens is 3. The van der Waals surface area contributed by atoms with Crippen LogP contribution >= 0.6 is 0 Å². The molecule has 5 heterocycles. The van der Waals surface area contributed by atoms with Gasteiger partial charge in [0.15, 0.2) is 11.8 Å². The molecule has 2 atom stereocenters. The SMILES string of the molecule is Cc1nc2cc3nn2c(c1[C@H](OC(C)(C)C)C(=O)O)N1CCC(C)(CC1)OCCC[C@H](C)Oc1cccc(F)c1-c1cccc-3c1. The quantitative estimate of drug-likeness (QED) is 0.250. The first-order valence-electron chi connectivity index (χ1n) is 16.1. The number of fused-ring (bicyclic) bond motifs is 7. The lowest BCUT2D eigenvalue weighted by Crippen LogP contribution is -2.46. The van der Waals surface area contributed by atoms with E-state index >= 15 is 4.39 Å². The molecule has 3 aliphatic heterocycles. The summed E-state index contributed by atoms with van der Waals surface area (Å²) in [5, 5.41) is 15.5. The summed E-state index contributed by atoms with van der Waals surface area (Å²) in [6, 6.07) is 14.4. The highest BCUT2D eigenvalue weighted by Gasteiger charge is 2.38. The number of hydrogen-bond acceptors (Lipinski definition) is 7. The van der Waals surface area contributed by atoms with Gasteiger partial charge < -0.3 is 24.2 Å². The van der Waals surface area contributed by atoms with Crippen LogP contribution in [0.25, 0.3) is 28.0 Å². The molecule has 46 heavy (non-hydrogen) atoms. The van der Waals surface area contributed by atoms with E-state index in [4.69, 9.17) is 24.3 Å². The van der Waals surface area contributed by atoms with Crippen LogP contribution in [0.15, 0.2) is 48.5 Å². The summed E-state index contributed by atoms with van der Waals surface area (Å²) < 4.78 is 36.1. The maximum Gasteiger partial charge on any atom is 0.337 e. The van der Waals surface area contributed by atoms with Gasteiger partial charge in [-0.2, -0.15) is 9.61 Å². The lowest BCUT2D eigenvalue weighted by atomic mass is 9.92. The highest BCUT2D eigenvalue weighted by molar-refractivity contribution is 5.80. The van der Waals surface area contributed by atoms with Gasteiger partial charge >= 0.3 is 5.97 Å². The van der Waals surface area contributed by atoms with Crippen molar-refractivity contribution in [2.24, 2.45) is 0 Å². The number of anilines is 1. The Hall–Kier alpha value is -4.02. The van der Waals surface area contributed by atoms with E-state index in [1.165, 1.54) is 6.07 Å². The number of halogens is 1. The molecule has 0 amide bonds. The third kappa shape index (κ3) is 6.46. The first-order chi connectivity index (χ1) is 21.8. The van der Waals surface area contributed by atoms with Crippen molar-refractivity contribution in [1.29, 1.82) is 0 Å². The Balaban J connectivity index is 1.56. The number of hydrogen-bond donors (Lipinski definition) is 1. The molecule has 244 valence electrons. The van der Waals surface area contributed by atoms with E-state index in [0.29, 0.717) is 65.0 Å². The van der Waals surface area contributed by atoms with Crippen LogP contribution < -0.4 is 9.64 Å². The molecule has 0 radical (unpaired) electrons. The molecule has 0 saturated carbocycles. The van der Waals surface area contributed by atoms with Gasteiger partial charge in [-0.1, -0.05) is 24.3 Å². The summed E-state index contributed by atoms with van der Waals surface area (Å²) in [4.78, 5) is 19.8. The van der Waals surface area contributed by atoms with Crippen LogP contribution in [0.2, 0.25) is 0 Å². The van der Waals surface area contributed by atoms with Gasteiger partial charge in [0.25, 0.3) is 0 Å². The van der Waals surface area contributed by atoms with Gasteiger partial charge in [0, 0.05) is 37.0 Å². The molecule has 10 heteroatoms. The van der Waals surface area contributed by atoms with E-state index in [2.05, 4.69) is 11.8 Å². The molecular formula is C36H43FN4O5. The molecule has 2 aromatic carbocycles. The molecule has 2 aromatic heterocycles. The maximum atomic E-state index is 15.4. The second-order valence-corrected chi connectivity index (χ2v) is 13.7. The highest BCUT2D eigenvalue weighted by Crippen LogP contribution is 2.40. The summed E-state index contributed by atoms with van der Waals surface area (Å²) in [6.07, 6.45) is 1.68. The smallest absolute Gasteiger partial charge is 0.337 e. The van der Waals surface area contributed by atoms with E-state index in [1.807, 2.05) is 65.0 Å². The lowest BCUT2D eigenvalue weighted by Gasteiger charge is -2.41. The monoisotopic (exact) mass is 630 g/mol. The molecule has 9 nitrogen and oxygen atoms in total. The van der Waals surface area contributed by atoms with Crippen molar-refractivity contribution in [1.82, 2.24) is 14.6 Å². The number of ether oxygens (including phenoxy) is 3. The van der Waals surface area contributed by atoms with Crippen molar-refractivity contribution >= 4 is 17.4 Å². The fourth-order valence-electron chi connectivity index (χ4n) is 6.47. The van der Waals surface area contributed by atoms with Crippen LogP contribution in [0.1, 0.15) is 77.7 Å². The Labute approximate surface area is 269 Å². The van der Waals surface area contributed by atoms with Crippen LogP contribution in [0.3, 0.4) is 0 Å². The molecule has 7 rings (SSSR count). The number of benzene rings is 2. The fraction of sp³-hybridized carbons (Fsp3) is 0.472. The number of aliphatic carboxylic acids is 1. The third-order valence-electron chi connectivity index (χ3n) is 8.84. The van der Waals surface area contributed by atoms with Crippen molar-refractivity contribution in [3.8, 4) is 28.1 Å². The minimum Gasteiger partial charge on any atom is -0.490 e. The van der Waals surface area contributed by atoms with Crippen LogP contribution in [0, 0.1) is 12.7 Å². The minimum absolute atomic E-state index is 0.134. The first-order valence-corrected chi connectivity index (χ1v) is 16.1. The predicted octanol–water partition coefficient (Wildman–Crippen LogP) is 7.39. The fourth-order valence-corrected chi connectivity index (χ4v) is 6.47. The Morgan fingerprint density at radius 2 is 1.85 bits per heavy atom. The Kier molecular flexibility index (Phi) is 8.54. The van der Waals surface area contributed by atoms with Gasteiger partial charge in [-0.3, -0.25) is 0 Å². The summed E-state index contributed by atoms with van der Waals surface area (Å²) in [5.41, 5.74) is 3.04. The number of aryl methyl sites for hydroxylation is 1. The van der Waals surface area contributed by atoms with Crippen LogP contribution in [-0.4, -0.2) is 62.7 Å². The number of rotatable bonds is 3. The maximum absolute atomic E-state index is 15.4. The molecule has 0 spiro atoms. The topological polar surface area (TPSA) is 98.4 Å². The summed E-state index contributed by atoms with van der Waals surface area (Å²) >= 11 is 0. The molecule has 1 N–H and O–H groups in total. The first kappa shape index (κ1) is 31.9. The molecule has 6 bridgehead atoms. The van der Waals surface area contributed by atoms with E-state index in [-0.39, 0.29) is 17.5 Å². The van der Waals surface area contributed by atoms with E-state index in [0.717, 1.165) is 31.2 Å². The van der Waals surface area contributed by atoms with E-state index < -0.39 is 17.7 Å². The predicted molar refractivity (Wildman–Crippen MR) is 175 cm³/mol. The number of carboxylic acid groups (broad SMARTS) is 1. The van der Waals surface area contributed by atoms with Gasteiger partial charge in [-0.15, -0.1) is 0 Å². The van der Waals surface area contributed by atoms with Crippen molar-refractivity contribution < 1.29 is 28.5 Å². The highest BCUT2D eigenvalue weighted by atomic mass is 19.1. The van der Waals surface area contributed by atoms with Gasteiger partial charge in [-0.25, -0.2) is 14.2 Å². The minimum atomic E-state index is -1.25. The zero-order valence-corrected chi connectivity index (χ0v) is 27.5. The normalized spacial score (nSPS) is 21.3. The standard InChI is InChI=1S/C36H43FN4O5/c1-22-10-9-19-44-36(6)15-17-40(18-16-36)33-30(32(34(42)43)46-35(3,4)5)23(2)38-29-21-27(39-41(29)33)24-11-7-12-25(20-24)31-26(37)13-8-14-28(31)45-22/h7-8,11-14,20-22,32H,9-10,15-19H2,1-6H3,(H,42,43)/t22-,32-/m0/s1. The molecule has 1 saturated heterocycles. The summed E-state index contributed by atoms with van der Waals surface area (Å²) in [6.45, 7) is 13.4. The average molecular weight is 631 g/mol. The second kappa shape index (κ2) is 12.3. The van der Waals surface area contributed by atoms with Gasteiger partial charge in [0.1, 0.15) is 17.4 Å². The molecule has 3 aliphatic rings. The van der Waals surface area contributed by atoms with E-state index in [1.54, 1.807) is 16.6 Å². The molecule has 0 unspecified atom stereocenters. The van der Waals surface area contributed by atoms with Gasteiger partial charge in [0.2, 0.25) is 0 Å². The summed E-state index contributed by atoms with van der Waals surface area (Å²) in [5.74, 6) is -0.320. The number of nitrogens with zero attached hydrogens (tertiary/aromatic N) is 4. The van der Waals surface area contributed by atoms with Gasteiger partial charge in [-0.05, 0) is 91.0 Å². The van der Waals surface area contributed by atoms with Crippen LogP contribution in [0.4, 0.5) is 10.2 Å². The molecule has 1 fully saturated rings. The molecular weight excluding hydrogens is 587 g/mol. The van der Waals surface area contributed by atoms with E-state index in [9.17, 15) is 9.90 Å². The average Bonchev–Trinajstić information content (AvgIpc) is 3.41. The largest absolute Gasteiger partial charge is 0.490 e. The Bertz CT molecular complexity index is 1760. The van der Waals surface area contributed by atoms with Crippen LogP contribution in [0.5, 0.6) is 5.75 Å². The van der Waals surface area contributed by atoms with Crippen molar-refractivity contribution in [2.75, 3.05) is 24.6 Å². The van der Waals surface area contributed by atoms with Crippen molar-refractivity contribution in [3.63, 3.8) is 0 Å². The zero-order chi connectivity index (χ0) is 32.8. The Morgan fingerprint density at radius 1 is 1.13 bits per heavy atom. The number of carbonyl (C=O) groups is 1.